The van der Waals surface area contributed by atoms with Crippen LogP contribution in [-0.2, 0) is 0 Å². The van der Waals surface area contributed by atoms with E-state index >= 15 is 0 Å². The zero-order valence-electron chi connectivity index (χ0n) is 10.4. The van der Waals surface area contributed by atoms with Crippen LogP contribution in [0, 0.1) is 5.92 Å². The quantitative estimate of drug-likeness (QED) is 0.530. The Labute approximate surface area is 107 Å². The molecule has 0 spiro atoms. The molecule has 19 heavy (non-hydrogen) atoms. The highest BCUT2D eigenvalue weighted by molar-refractivity contribution is 4.96. The van der Waals surface area contributed by atoms with Gasteiger partial charge in [0.2, 0.25) is 0 Å². The van der Waals surface area contributed by atoms with Crippen LogP contribution in [0.1, 0.15) is 32.6 Å². The Kier molecular flexibility index (Phi) is 6.62. The maximum Gasteiger partial charge on any atom is 0.416 e. The molecule has 0 aromatic heterocycles. The summed E-state index contributed by atoms with van der Waals surface area (Å²) >= 11 is 0. The molecular formula is C12H16F6O. The molecule has 0 aromatic rings. The lowest BCUT2D eigenvalue weighted by molar-refractivity contribution is -0.258. The summed E-state index contributed by atoms with van der Waals surface area (Å²) < 4.78 is 74.2. The third kappa shape index (κ3) is 6.13. The van der Waals surface area contributed by atoms with E-state index in [0.717, 1.165) is 0 Å². The van der Waals surface area contributed by atoms with Gasteiger partial charge in [-0.1, -0.05) is 6.08 Å². The van der Waals surface area contributed by atoms with E-state index in [9.17, 15) is 31.4 Å². The van der Waals surface area contributed by atoms with Gasteiger partial charge < -0.3 is 5.11 Å². The molecule has 7 heteroatoms. The van der Waals surface area contributed by atoms with Gasteiger partial charge in [-0.2, -0.15) is 22.0 Å². The summed E-state index contributed by atoms with van der Waals surface area (Å²) in [6, 6.07) is 0. The number of hydrogen-bond donors (Lipinski definition) is 1. The van der Waals surface area contributed by atoms with Crippen molar-refractivity contribution in [2.45, 2.75) is 44.4 Å². The minimum Gasteiger partial charge on any atom is -0.381 e. The number of halogens is 6. The van der Waals surface area contributed by atoms with Crippen LogP contribution in [0.2, 0.25) is 0 Å². The minimum absolute atomic E-state index is 0.0381. The Morgan fingerprint density at radius 1 is 1.26 bits per heavy atom. The van der Waals surface area contributed by atoms with Gasteiger partial charge in [-0.25, -0.2) is 4.39 Å². The Balaban J connectivity index is 4.87. The number of hydrogen-bond acceptors (Lipinski definition) is 1. The van der Waals surface area contributed by atoms with Gasteiger partial charge in [0.25, 0.3) is 0 Å². The van der Waals surface area contributed by atoms with Crippen molar-refractivity contribution >= 4 is 0 Å². The third-order valence-corrected chi connectivity index (χ3v) is 2.75. The molecule has 0 saturated carbocycles. The van der Waals surface area contributed by atoms with Crippen molar-refractivity contribution in [2.75, 3.05) is 0 Å². The molecule has 0 rings (SSSR count). The molecule has 0 aliphatic heterocycles. The van der Waals surface area contributed by atoms with Gasteiger partial charge in [-0.05, 0) is 32.1 Å². The normalized spacial score (nSPS) is 16.6. The highest BCUT2D eigenvalue weighted by Gasteiger charge is 2.50. The molecule has 1 N–H and O–H groups in total. The van der Waals surface area contributed by atoms with Gasteiger partial charge in [0.05, 0.1) is 0 Å². The van der Waals surface area contributed by atoms with Gasteiger partial charge in [0.1, 0.15) is 0 Å². The van der Waals surface area contributed by atoms with Crippen molar-refractivity contribution in [2.24, 2.45) is 5.92 Å². The topological polar surface area (TPSA) is 20.2 Å². The lowest BCUT2D eigenvalue weighted by Gasteiger charge is -2.30. The lowest BCUT2D eigenvalue weighted by atomic mass is 9.86. The zero-order valence-corrected chi connectivity index (χ0v) is 10.4. The Morgan fingerprint density at radius 2 is 1.79 bits per heavy atom. The fourth-order valence-electron chi connectivity index (χ4n) is 1.64. The summed E-state index contributed by atoms with van der Waals surface area (Å²) in [6.45, 7) is 3.90. The number of rotatable bonds is 7. The third-order valence-electron chi connectivity index (χ3n) is 2.75. The zero-order chi connectivity index (χ0) is 15.3. The molecule has 0 aromatic carbocycles. The highest BCUT2D eigenvalue weighted by Crippen LogP contribution is 2.38. The molecule has 2 atom stereocenters. The molecule has 0 amide bonds. The summed E-state index contributed by atoms with van der Waals surface area (Å²) in [4.78, 5) is 0. The second-order valence-corrected chi connectivity index (χ2v) is 4.58. The Morgan fingerprint density at radius 3 is 2.16 bits per heavy atom. The van der Waals surface area contributed by atoms with E-state index < -0.39 is 42.4 Å². The van der Waals surface area contributed by atoms with Crippen LogP contribution in [0.3, 0.4) is 0 Å². The second-order valence-electron chi connectivity index (χ2n) is 4.58. The van der Waals surface area contributed by atoms with E-state index in [0.29, 0.717) is 6.92 Å². The number of alkyl halides is 3. The summed E-state index contributed by atoms with van der Waals surface area (Å²) in [5, 5.41) is 9.30. The predicted molar refractivity (Wildman–Crippen MR) is 59.2 cm³/mol. The average molecular weight is 290 g/mol. The van der Waals surface area contributed by atoms with Crippen LogP contribution in [0.4, 0.5) is 26.3 Å². The smallest absolute Gasteiger partial charge is 0.381 e. The monoisotopic (exact) mass is 290 g/mol. The van der Waals surface area contributed by atoms with Crippen molar-refractivity contribution in [3.63, 3.8) is 0 Å². The standard InChI is InChI=1S/C12H16F6O/c1-3-4-5-8(6-9(13)10(14)15)7-11(2,19)12(16,17)18/h3,8,19H,1,4-7H2,2H3. The largest absolute Gasteiger partial charge is 0.416 e. The summed E-state index contributed by atoms with van der Waals surface area (Å²) in [6.07, 6.45) is -7.43. The van der Waals surface area contributed by atoms with Crippen molar-refractivity contribution in [1.29, 1.82) is 0 Å². The Hall–Kier alpha value is -0.980. The van der Waals surface area contributed by atoms with Gasteiger partial charge >= 0.3 is 12.3 Å². The Bertz CT molecular complexity index is 328. The molecule has 0 aliphatic rings. The molecule has 0 heterocycles. The first-order valence-electron chi connectivity index (χ1n) is 5.61. The molecule has 0 fully saturated rings. The van der Waals surface area contributed by atoms with Crippen LogP contribution in [0.25, 0.3) is 0 Å². The summed E-state index contributed by atoms with van der Waals surface area (Å²) in [5.74, 6) is -2.79. The first-order chi connectivity index (χ1) is 8.51. The van der Waals surface area contributed by atoms with E-state index in [1.54, 1.807) is 0 Å². The van der Waals surface area contributed by atoms with E-state index in [1.807, 2.05) is 0 Å². The van der Waals surface area contributed by atoms with Gasteiger partial charge in [0.15, 0.2) is 11.4 Å². The molecule has 0 bridgehead atoms. The molecule has 112 valence electrons. The first kappa shape index (κ1) is 18.0. The maximum atomic E-state index is 12.8. The van der Waals surface area contributed by atoms with Crippen LogP contribution < -0.4 is 0 Å². The molecule has 0 radical (unpaired) electrons. The summed E-state index contributed by atoms with van der Waals surface area (Å²) in [7, 11) is 0. The van der Waals surface area contributed by atoms with Gasteiger partial charge in [-0.3, -0.25) is 0 Å². The first-order valence-corrected chi connectivity index (χ1v) is 5.61. The van der Waals surface area contributed by atoms with Crippen molar-refractivity contribution in [3.05, 3.63) is 24.6 Å². The van der Waals surface area contributed by atoms with E-state index in [4.69, 9.17) is 0 Å². The van der Waals surface area contributed by atoms with Crippen molar-refractivity contribution in [3.8, 4) is 0 Å². The van der Waals surface area contributed by atoms with Crippen LogP contribution in [0.15, 0.2) is 24.6 Å². The highest BCUT2D eigenvalue weighted by atomic mass is 19.4. The fraction of sp³-hybridized carbons (Fsp3) is 0.667. The average Bonchev–Trinajstić information content (AvgIpc) is 2.23. The van der Waals surface area contributed by atoms with E-state index in [1.165, 1.54) is 6.08 Å². The lowest BCUT2D eigenvalue weighted by Crippen LogP contribution is -2.43. The van der Waals surface area contributed by atoms with Crippen LogP contribution in [0.5, 0.6) is 0 Å². The molecule has 0 saturated heterocycles. The van der Waals surface area contributed by atoms with Crippen molar-refractivity contribution < 1.29 is 31.4 Å². The van der Waals surface area contributed by atoms with E-state index in [2.05, 4.69) is 6.58 Å². The van der Waals surface area contributed by atoms with E-state index in [-0.39, 0.29) is 12.8 Å². The second kappa shape index (κ2) is 6.98. The molecule has 2 unspecified atom stereocenters. The van der Waals surface area contributed by atoms with Crippen LogP contribution in [-0.4, -0.2) is 16.9 Å². The maximum absolute atomic E-state index is 12.8. The number of aliphatic hydroxyl groups is 1. The predicted octanol–water partition coefficient (Wildman–Crippen LogP) is 4.74. The molecule has 0 aliphatic carbocycles. The van der Waals surface area contributed by atoms with Crippen molar-refractivity contribution in [1.82, 2.24) is 0 Å². The SMILES string of the molecule is C=CCCC(CC(F)=C(F)F)CC(C)(O)C(F)(F)F. The minimum atomic E-state index is -4.89. The summed E-state index contributed by atoms with van der Waals surface area (Å²) in [5.41, 5.74) is -3.04. The fourth-order valence-corrected chi connectivity index (χ4v) is 1.64. The molecule has 1 nitrogen and oxygen atoms in total. The molecular weight excluding hydrogens is 274 g/mol. The van der Waals surface area contributed by atoms with Crippen LogP contribution >= 0.6 is 0 Å². The number of allylic oxidation sites excluding steroid dienone is 2. The van der Waals surface area contributed by atoms with Gasteiger partial charge in [-0.15, -0.1) is 6.58 Å². The van der Waals surface area contributed by atoms with Gasteiger partial charge in [0, 0.05) is 6.42 Å².